The number of hydrogen-bond donors (Lipinski definition) is 0. The summed E-state index contributed by atoms with van der Waals surface area (Å²) in [5.74, 6) is 1.08. The monoisotopic (exact) mass is 420 g/mol. The van der Waals surface area contributed by atoms with E-state index in [-0.39, 0.29) is 24.3 Å². The lowest BCUT2D eigenvalue weighted by atomic mass is 9.90. The summed E-state index contributed by atoms with van der Waals surface area (Å²) in [6.45, 7) is 1.77. The van der Waals surface area contributed by atoms with Crippen LogP contribution in [0.4, 0.5) is 0 Å². The van der Waals surface area contributed by atoms with Crippen LogP contribution in [0, 0.1) is 5.92 Å². The first-order valence-electron chi connectivity index (χ1n) is 10.9. The topological polar surface area (TPSA) is 66.9 Å². The fourth-order valence-corrected chi connectivity index (χ4v) is 4.52. The number of imide groups is 1. The van der Waals surface area contributed by atoms with E-state index in [0.717, 1.165) is 43.7 Å². The van der Waals surface area contributed by atoms with Crippen molar-refractivity contribution in [3.05, 3.63) is 65.2 Å². The van der Waals surface area contributed by atoms with Gasteiger partial charge in [-0.15, -0.1) is 0 Å². The van der Waals surface area contributed by atoms with Gasteiger partial charge in [0.2, 0.25) is 11.8 Å². The van der Waals surface area contributed by atoms with Gasteiger partial charge in [-0.2, -0.15) is 0 Å². The number of ether oxygens (including phenoxy) is 1. The van der Waals surface area contributed by atoms with E-state index in [9.17, 15) is 14.4 Å². The average molecular weight is 421 g/mol. The molecule has 1 atom stereocenters. The van der Waals surface area contributed by atoms with Crippen LogP contribution in [-0.2, 0) is 22.6 Å². The van der Waals surface area contributed by atoms with Crippen molar-refractivity contribution in [2.24, 2.45) is 5.92 Å². The van der Waals surface area contributed by atoms with Gasteiger partial charge in [-0.1, -0.05) is 30.3 Å². The van der Waals surface area contributed by atoms with Gasteiger partial charge < -0.3 is 9.64 Å². The number of likely N-dealkylation sites (tertiary alicyclic amines) is 2. The van der Waals surface area contributed by atoms with Crippen LogP contribution in [0.15, 0.2) is 48.5 Å². The molecule has 0 aromatic heterocycles. The van der Waals surface area contributed by atoms with Gasteiger partial charge in [0.25, 0.3) is 5.91 Å². The van der Waals surface area contributed by atoms with E-state index < -0.39 is 0 Å². The molecule has 0 saturated carbocycles. The zero-order valence-corrected chi connectivity index (χ0v) is 17.9. The Balaban J connectivity index is 1.38. The Morgan fingerprint density at radius 1 is 1.03 bits per heavy atom. The Morgan fingerprint density at radius 2 is 1.74 bits per heavy atom. The summed E-state index contributed by atoms with van der Waals surface area (Å²) in [6.07, 6.45) is 3.56. The molecule has 6 nitrogen and oxygen atoms in total. The van der Waals surface area contributed by atoms with E-state index in [1.807, 2.05) is 35.2 Å². The van der Waals surface area contributed by atoms with Crippen molar-refractivity contribution in [2.75, 3.05) is 20.2 Å². The second-order valence-electron chi connectivity index (χ2n) is 8.35. The Kier molecular flexibility index (Phi) is 6.35. The van der Waals surface area contributed by atoms with Gasteiger partial charge in [0.05, 0.1) is 13.7 Å². The first kappa shape index (κ1) is 21.1. The largest absolute Gasteiger partial charge is 0.496 e. The molecule has 31 heavy (non-hydrogen) atoms. The molecule has 2 fully saturated rings. The lowest BCUT2D eigenvalue weighted by Gasteiger charge is -2.33. The third kappa shape index (κ3) is 4.79. The van der Waals surface area contributed by atoms with E-state index >= 15 is 0 Å². The maximum absolute atomic E-state index is 13.1. The third-order valence-corrected chi connectivity index (χ3v) is 6.20. The number of piperidine rings is 1. The van der Waals surface area contributed by atoms with Gasteiger partial charge in [-0.3, -0.25) is 19.3 Å². The molecule has 2 aromatic rings. The van der Waals surface area contributed by atoms with Gasteiger partial charge in [0, 0.05) is 31.5 Å². The summed E-state index contributed by atoms with van der Waals surface area (Å²) in [4.78, 5) is 39.9. The molecule has 4 rings (SSSR count). The highest BCUT2D eigenvalue weighted by molar-refractivity contribution is 6.01. The zero-order chi connectivity index (χ0) is 21.8. The van der Waals surface area contributed by atoms with Crippen LogP contribution in [0.5, 0.6) is 5.75 Å². The molecular weight excluding hydrogens is 392 g/mol. The minimum Gasteiger partial charge on any atom is -0.496 e. The zero-order valence-electron chi connectivity index (χ0n) is 17.9. The molecule has 6 heteroatoms. The highest BCUT2D eigenvalue weighted by Gasteiger charge is 2.29. The maximum Gasteiger partial charge on any atom is 0.253 e. The lowest BCUT2D eigenvalue weighted by Crippen LogP contribution is -2.40. The third-order valence-electron chi connectivity index (χ3n) is 6.20. The molecule has 2 aromatic carbocycles. The van der Waals surface area contributed by atoms with Gasteiger partial charge in [-0.05, 0) is 54.5 Å². The van der Waals surface area contributed by atoms with E-state index in [1.54, 1.807) is 19.2 Å². The molecule has 0 bridgehead atoms. The summed E-state index contributed by atoms with van der Waals surface area (Å²) in [5, 5.41) is 0. The van der Waals surface area contributed by atoms with E-state index in [0.29, 0.717) is 24.3 Å². The molecule has 162 valence electrons. The Bertz CT molecular complexity index is 954. The van der Waals surface area contributed by atoms with Crippen LogP contribution in [0.25, 0.3) is 0 Å². The van der Waals surface area contributed by atoms with Crippen LogP contribution in [0.1, 0.15) is 47.2 Å². The van der Waals surface area contributed by atoms with Crippen molar-refractivity contribution in [2.45, 2.75) is 38.6 Å². The first-order valence-corrected chi connectivity index (χ1v) is 10.9. The predicted molar refractivity (Wildman–Crippen MR) is 117 cm³/mol. The molecule has 2 aliphatic heterocycles. The molecule has 2 saturated heterocycles. The molecule has 0 aliphatic carbocycles. The first-order chi connectivity index (χ1) is 15.0. The molecule has 1 unspecified atom stereocenters. The van der Waals surface area contributed by atoms with Crippen molar-refractivity contribution in [3.8, 4) is 5.75 Å². The Hall–Kier alpha value is -3.15. The van der Waals surface area contributed by atoms with E-state index in [4.69, 9.17) is 4.74 Å². The van der Waals surface area contributed by atoms with Crippen molar-refractivity contribution >= 4 is 17.7 Å². The van der Waals surface area contributed by atoms with Crippen molar-refractivity contribution in [1.82, 2.24) is 9.80 Å². The summed E-state index contributed by atoms with van der Waals surface area (Å²) in [6, 6.07) is 15.3. The average Bonchev–Trinajstić information content (AvgIpc) is 3.12. The minimum absolute atomic E-state index is 0.0320. The van der Waals surface area contributed by atoms with Crippen LogP contribution in [0.3, 0.4) is 0 Å². The predicted octanol–water partition coefficient (Wildman–Crippen LogP) is 3.44. The number of amides is 3. The molecule has 0 radical (unpaired) electrons. The Morgan fingerprint density at radius 3 is 2.45 bits per heavy atom. The Labute approximate surface area is 182 Å². The molecular formula is C25H28N2O4. The van der Waals surface area contributed by atoms with Crippen molar-refractivity contribution in [3.63, 3.8) is 0 Å². The highest BCUT2D eigenvalue weighted by Crippen LogP contribution is 2.27. The smallest absolute Gasteiger partial charge is 0.253 e. The van der Waals surface area contributed by atoms with E-state index in [2.05, 4.69) is 6.07 Å². The number of rotatable bonds is 6. The number of benzene rings is 2. The van der Waals surface area contributed by atoms with Gasteiger partial charge >= 0.3 is 0 Å². The summed E-state index contributed by atoms with van der Waals surface area (Å²) in [5.41, 5.74) is 2.67. The number of para-hydroxylation sites is 1. The fourth-order valence-electron chi connectivity index (χ4n) is 4.52. The summed E-state index contributed by atoms with van der Waals surface area (Å²) < 4.78 is 5.48. The fraction of sp³-hybridized carbons (Fsp3) is 0.400. The van der Waals surface area contributed by atoms with Crippen LogP contribution < -0.4 is 4.74 Å². The SMILES string of the molecule is COc1ccccc1CC1CCCN(C(=O)c2ccc(CN3C(=O)CCC3=O)cc2)C1. The minimum atomic E-state index is -0.125. The molecule has 0 spiro atoms. The van der Waals surface area contributed by atoms with Crippen LogP contribution in [0.2, 0.25) is 0 Å². The number of carbonyl (C=O) groups excluding carboxylic acids is 3. The van der Waals surface area contributed by atoms with Crippen molar-refractivity contribution < 1.29 is 19.1 Å². The number of nitrogens with zero attached hydrogens (tertiary/aromatic N) is 2. The summed E-state index contributed by atoms with van der Waals surface area (Å²) >= 11 is 0. The maximum atomic E-state index is 13.1. The second kappa shape index (κ2) is 9.33. The molecule has 3 amide bonds. The van der Waals surface area contributed by atoms with Crippen molar-refractivity contribution in [1.29, 1.82) is 0 Å². The normalized spacial score (nSPS) is 19.1. The second-order valence-corrected chi connectivity index (χ2v) is 8.35. The van der Waals surface area contributed by atoms with Gasteiger partial charge in [0.1, 0.15) is 5.75 Å². The van der Waals surface area contributed by atoms with Crippen LogP contribution >= 0.6 is 0 Å². The molecule has 0 N–H and O–H groups in total. The molecule has 2 heterocycles. The van der Waals surface area contributed by atoms with E-state index in [1.165, 1.54) is 10.5 Å². The van der Waals surface area contributed by atoms with Gasteiger partial charge in [-0.25, -0.2) is 0 Å². The quantitative estimate of drug-likeness (QED) is 0.672. The number of carbonyl (C=O) groups is 3. The highest BCUT2D eigenvalue weighted by atomic mass is 16.5. The summed E-state index contributed by atoms with van der Waals surface area (Å²) in [7, 11) is 1.69. The number of hydrogen-bond acceptors (Lipinski definition) is 4. The molecule has 2 aliphatic rings. The van der Waals surface area contributed by atoms with Crippen LogP contribution in [-0.4, -0.2) is 47.7 Å². The number of methoxy groups -OCH3 is 1. The standard InChI is InChI=1S/C25H28N2O4/c1-31-22-7-3-2-6-21(22)15-19-5-4-14-26(16-19)25(30)20-10-8-18(9-11-20)17-27-23(28)12-13-24(27)29/h2-3,6-11,19H,4-5,12-17H2,1H3. The van der Waals surface area contributed by atoms with Gasteiger partial charge in [0.15, 0.2) is 0 Å². The lowest BCUT2D eigenvalue weighted by molar-refractivity contribution is -0.139.